The first-order chi connectivity index (χ1) is 18.4. The lowest BCUT2D eigenvalue weighted by molar-refractivity contribution is -0.177. The third-order valence-corrected chi connectivity index (χ3v) is 7.65. The van der Waals surface area contributed by atoms with Gasteiger partial charge in [0.25, 0.3) is 0 Å². The molecule has 0 radical (unpaired) electrons. The molecule has 3 aromatic rings. The number of aryl methyl sites for hydroxylation is 2. The molecule has 1 saturated carbocycles. The van der Waals surface area contributed by atoms with Crippen LogP contribution in [0.4, 0.5) is 0 Å². The molecule has 200 valence electrons. The van der Waals surface area contributed by atoms with Gasteiger partial charge in [-0.05, 0) is 60.9 Å². The molecule has 2 N–H and O–H groups in total. The monoisotopic (exact) mass is 516 g/mol. The lowest BCUT2D eigenvalue weighted by Gasteiger charge is -2.51. The number of hydrogen-bond donors (Lipinski definition) is 1. The van der Waals surface area contributed by atoms with Crippen molar-refractivity contribution < 1.29 is 19.1 Å². The van der Waals surface area contributed by atoms with E-state index in [1.165, 1.54) is 18.4 Å². The van der Waals surface area contributed by atoms with Gasteiger partial charge in [-0.15, -0.1) is 0 Å². The number of methoxy groups -OCH3 is 1. The Balaban J connectivity index is 1.37. The van der Waals surface area contributed by atoms with E-state index in [9.17, 15) is 9.59 Å². The normalized spacial score (nSPS) is 17.1. The van der Waals surface area contributed by atoms with Gasteiger partial charge in [0.1, 0.15) is 17.4 Å². The molecule has 5 rings (SSSR count). The predicted molar refractivity (Wildman–Crippen MR) is 144 cm³/mol. The largest absolute Gasteiger partial charge is 0.497 e. The second-order valence-corrected chi connectivity index (χ2v) is 10.6. The minimum atomic E-state index is -0.476. The van der Waals surface area contributed by atoms with Gasteiger partial charge in [-0.25, -0.2) is 4.98 Å². The fourth-order valence-corrected chi connectivity index (χ4v) is 5.16. The molecule has 8 nitrogen and oxygen atoms in total. The number of nitrogens with zero attached hydrogens (tertiary/aromatic N) is 3. The topological polar surface area (TPSA) is 99.7 Å². The number of likely N-dealkylation sites (tertiary alicyclic amines) is 1. The molecule has 2 aliphatic rings. The Morgan fingerprint density at radius 3 is 2.53 bits per heavy atom. The van der Waals surface area contributed by atoms with Crippen LogP contribution < -0.4 is 10.5 Å². The van der Waals surface area contributed by atoms with E-state index in [0.29, 0.717) is 31.8 Å². The number of ether oxygens (including phenoxy) is 2. The summed E-state index contributed by atoms with van der Waals surface area (Å²) in [6.07, 6.45) is 7.14. The number of rotatable bonds is 12. The van der Waals surface area contributed by atoms with Crippen LogP contribution in [0, 0.1) is 12.8 Å². The van der Waals surface area contributed by atoms with Crippen LogP contribution in [0.1, 0.15) is 47.7 Å². The lowest BCUT2D eigenvalue weighted by atomic mass is 9.82. The van der Waals surface area contributed by atoms with E-state index < -0.39 is 11.6 Å². The standard InChI is InChI=1S/C30H36N4O4/c1-21-5-3-4-6-26(21)30(38-17-23-7-8-23)18-34(19-30)29(36)27(15-22-9-12-25(37-2)13-10-22)33-16-24(32-20-33)11-14-28(31)35/h3-6,9-10,12-13,16,20,23,27H,7-8,11,14-15,17-19H2,1-2H3,(H2,31,35)/t27-/m0/s1. The molecule has 8 heteroatoms. The van der Waals surface area contributed by atoms with Crippen molar-refractivity contribution >= 4 is 11.8 Å². The second kappa shape index (κ2) is 11.0. The van der Waals surface area contributed by atoms with Crippen LogP contribution in [0.5, 0.6) is 5.75 Å². The highest BCUT2D eigenvalue weighted by atomic mass is 16.5. The molecule has 1 aliphatic heterocycles. The van der Waals surface area contributed by atoms with E-state index in [2.05, 4.69) is 24.0 Å². The van der Waals surface area contributed by atoms with Crippen molar-refractivity contribution in [2.45, 2.75) is 50.7 Å². The van der Waals surface area contributed by atoms with Gasteiger partial charge in [0.05, 0.1) is 38.8 Å². The summed E-state index contributed by atoms with van der Waals surface area (Å²) in [5.41, 5.74) is 8.94. The quantitative estimate of drug-likeness (QED) is 0.397. The summed E-state index contributed by atoms with van der Waals surface area (Å²) in [4.78, 5) is 31.6. The molecule has 0 unspecified atom stereocenters. The van der Waals surface area contributed by atoms with E-state index in [0.717, 1.165) is 29.2 Å². The molecule has 2 amide bonds. The van der Waals surface area contributed by atoms with Crippen molar-refractivity contribution in [3.8, 4) is 5.75 Å². The van der Waals surface area contributed by atoms with Crippen molar-refractivity contribution in [3.63, 3.8) is 0 Å². The predicted octanol–water partition coefficient (Wildman–Crippen LogP) is 3.57. The number of carbonyl (C=O) groups is 2. The molecule has 38 heavy (non-hydrogen) atoms. The van der Waals surface area contributed by atoms with E-state index in [-0.39, 0.29) is 18.2 Å². The Labute approximate surface area is 223 Å². The van der Waals surface area contributed by atoms with Gasteiger partial charge in [-0.3, -0.25) is 9.59 Å². The molecular formula is C30H36N4O4. The first-order valence-electron chi connectivity index (χ1n) is 13.3. The van der Waals surface area contributed by atoms with E-state index in [1.807, 2.05) is 52.1 Å². The van der Waals surface area contributed by atoms with Crippen LogP contribution in [0.15, 0.2) is 61.1 Å². The molecule has 1 aromatic heterocycles. The Morgan fingerprint density at radius 2 is 1.87 bits per heavy atom. The highest BCUT2D eigenvalue weighted by molar-refractivity contribution is 5.82. The zero-order valence-corrected chi connectivity index (χ0v) is 22.1. The molecule has 2 heterocycles. The molecule has 0 bridgehead atoms. The first kappa shape index (κ1) is 26.0. The van der Waals surface area contributed by atoms with Crippen LogP contribution in [0.3, 0.4) is 0 Å². The van der Waals surface area contributed by atoms with Gasteiger partial charge in [-0.2, -0.15) is 0 Å². The van der Waals surface area contributed by atoms with Gasteiger partial charge in [-0.1, -0.05) is 36.4 Å². The third kappa shape index (κ3) is 5.75. The summed E-state index contributed by atoms with van der Waals surface area (Å²) in [5.74, 6) is 1.06. The number of amides is 2. The average Bonchev–Trinajstić information content (AvgIpc) is 3.61. The zero-order valence-electron chi connectivity index (χ0n) is 22.1. The van der Waals surface area contributed by atoms with E-state index in [4.69, 9.17) is 15.2 Å². The van der Waals surface area contributed by atoms with Gasteiger partial charge in [0, 0.05) is 19.0 Å². The number of imidazole rings is 1. The summed E-state index contributed by atoms with van der Waals surface area (Å²) in [5, 5.41) is 0. The molecule has 2 fully saturated rings. The minimum Gasteiger partial charge on any atom is -0.497 e. The maximum absolute atomic E-state index is 14.0. The van der Waals surface area contributed by atoms with Crippen LogP contribution in [0.2, 0.25) is 0 Å². The summed E-state index contributed by atoms with van der Waals surface area (Å²) in [7, 11) is 1.64. The molecule has 2 aromatic carbocycles. The number of hydrogen-bond acceptors (Lipinski definition) is 5. The fourth-order valence-electron chi connectivity index (χ4n) is 5.16. The summed E-state index contributed by atoms with van der Waals surface area (Å²) in [6.45, 7) is 3.88. The van der Waals surface area contributed by atoms with Gasteiger partial charge in [0.2, 0.25) is 11.8 Å². The second-order valence-electron chi connectivity index (χ2n) is 10.6. The fraction of sp³-hybridized carbons (Fsp3) is 0.433. The van der Waals surface area contributed by atoms with Crippen LogP contribution in [-0.4, -0.2) is 53.1 Å². The van der Waals surface area contributed by atoms with Crippen molar-refractivity contribution in [1.82, 2.24) is 14.5 Å². The molecule has 1 atom stereocenters. The Bertz CT molecular complexity index is 1280. The molecule has 1 saturated heterocycles. The van der Waals surface area contributed by atoms with Gasteiger partial charge >= 0.3 is 0 Å². The number of benzene rings is 2. The van der Waals surface area contributed by atoms with Crippen molar-refractivity contribution in [2.75, 3.05) is 26.8 Å². The Kier molecular flexibility index (Phi) is 7.51. The minimum absolute atomic E-state index is 0.0268. The average molecular weight is 517 g/mol. The highest BCUT2D eigenvalue weighted by Crippen LogP contribution is 2.41. The van der Waals surface area contributed by atoms with Crippen LogP contribution in [-0.2, 0) is 32.8 Å². The number of primary amides is 1. The third-order valence-electron chi connectivity index (χ3n) is 7.65. The Morgan fingerprint density at radius 1 is 1.13 bits per heavy atom. The van der Waals surface area contributed by atoms with Crippen molar-refractivity contribution in [3.05, 3.63) is 83.4 Å². The summed E-state index contributed by atoms with van der Waals surface area (Å²) in [6, 6.07) is 15.6. The first-order valence-corrected chi connectivity index (χ1v) is 13.3. The number of nitrogens with two attached hydrogens (primary N) is 1. The summed E-state index contributed by atoms with van der Waals surface area (Å²) < 4.78 is 13.7. The zero-order chi connectivity index (χ0) is 26.7. The lowest BCUT2D eigenvalue weighted by Crippen LogP contribution is -2.64. The Hall–Kier alpha value is -3.65. The highest BCUT2D eigenvalue weighted by Gasteiger charge is 2.50. The molecule has 0 spiro atoms. The van der Waals surface area contributed by atoms with Crippen LogP contribution in [0.25, 0.3) is 0 Å². The summed E-state index contributed by atoms with van der Waals surface area (Å²) >= 11 is 0. The maximum Gasteiger partial charge on any atom is 0.246 e. The molecule has 1 aliphatic carbocycles. The SMILES string of the molecule is COc1ccc(C[C@@H](C(=O)N2CC(OCC3CC3)(c3ccccc3C)C2)n2cnc(CCC(N)=O)c2)cc1. The van der Waals surface area contributed by atoms with Crippen LogP contribution >= 0.6 is 0 Å². The van der Waals surface area contributed by atoms with Gasteiger partial charge < -0.3 is 24.7 Å². The van der Waals surface area contributed by atoms with E-state index in [1.54, 1.807) is 13.4 Å². The van der Waals surface area contributed by atoms with Crippen molar-refractivity contribution in [1.29, 1.82) is 0 Å². The maximum atomic E-state index is 14.0. The number of aromatic nitrogens is 2. The van der Waals surface area contributed by atoms with Crippen molar-refractivity contribution in [2.24, 2.45) is 11.7 Å². The van der Waals surface area contributed by atoms with Gasteiger partial charge in [0.15, 0.2) is 0 Å². The smallest absolute Gasteiger partial charge is 0.246 e. The van der Waals surface area contributed by atoms with E-state index >= 15 is 0 Å². The molecular weight excluding hydrogens is 480 g/mol. The number of carbonyl (C=O) groups excluding carboxylic acids is 2.